The van der Waals surface area contributed by atoms with Gasteiger partial charge in [0, 0.05) is 31.2 Å². The zero-order valence-corrected chi connectivity index (χ0v) is 18.7. The molecule has 6 nitrogen and oxygen atoms in total. The van der Waals surface area contributed by atoms with E-state index in [9.17, 15) is 52.7 Å². The molecule has 1 fully saturated rings. The minimum atomic E-state index is -5.42. The largest absolute Gasteiger partial charge is 0.511 e. The van der Waals surface area contributed by atoms with Gasteiger partial charge in [0.25, 0.3) is 5.91 Å². The number of hydrogen-bond donors (Lipinski definition) is 3. The van der Waals surface area contributed by atoms with Crippen LogP contribution in [0.15, 0.2) is 18.2 Å². The van der Waals surface area contributed by atoms with Crippen LogP contribution in [0.2, 0.25) is 0 Å². The second-order valence-electron chi connectivity index (χ2n) is 8.02. The quantitative estimate of drug-likeness (QED) is 0.341. The fourth-order valence-corrected chi connectivity index (χ4v) is 4.07. The summed E-state index contributed by atoms with van der Waals surface area (Å²) in [7, 11) is -5.42. The molecule has 3 N–H and O–H groups in total. The van der Waals surface area contributed by atoms with Gasteiger partial charge in [-0.25, -0.2) is 13.1 Å². The molecule has 200 valence electrons. The summed E-state index contributed by atoms with van der Waals surface area (Å²) < 4.78 is 138. The van der Waals surface area contributed by atoms with Crippen LogP contribution in [0.4, 0.5) is 39.5 Å². The monoisotopic (exact) mass is 543 g/mol. The van der Waals surface area contributed by atoms with E-state index >= 15 is 0 Å². The predicted octanol–water partition coefficient (Wildman–Crippen LogP) is 4.04. The summed E-state index contributed by atoms with van der Waals surface area (Å²) in [4.78, 5) is 12.2. The molecule has 0 bridgehead atoms. The zero-order valence-electron chi connectivity index (χ0n) is 17.9. The van der Waals surface area contributed by atoms with Crippen molar-refractivity contribution in [3.05, 3.63) is 34.9 Å². The van der Waals surface area contributed by atoms with Crippen molar-refractivity contribution in [3.63, 3.8) is 0 Å². The van der Waals surface area contributed by atoms with Crippen molar-refractivity contribution in [3.8, 4) is 0 Å². The predicted molar refractivity (Wildman–Crippen MR) is 106 cm³/mol. The van der Waals surface area contributed by atoms with Gasteiger partial charge in [-0.2, -0.15) is 39.5 Å². The summed E-state index contributed by atoms with van der Waals surface area (Å²) in [5, 5.41) is 5.25. The van der Waals surface area contributed by atoms with E-state index in [2.05, 4.69) is 10.6 Å². The fourth-order valence-electron chi connectivity index (χ4n) is 3.54. The average molecular weight is 543 g/mol. The molecular formula is C19H22F9N3O3S. The normalized spacial score (nSPS) is 20.0. The minimum absolute atomic E-state index is 0.00846. The van der Waals surface area contributed by atoms with E-state index in [1.807, 2.05) is 0 Å². The van der Waals surface area contributed by atoms with Gasteiger partial charge in [0.15, 0.2) is 0 Å². The van der Waals surface area contributed by atoms with E-state index in [1.54, 1.807) is 0 Å². The third-order valence-electron chi connectivity index (χ3n) is 5.40. The van der Waals surface area contributed by atoms with Gasteiger partial charge >= 0.3 is 27.9 Å². The molecule has 1 aliphatic carbocycles. The van der Waals surface area contributed by atoms with Crippen molar-refractivity contribution in [2.24, 2.45) is 5.92 Å². The smallest absolute Gasteiger partial charge is 0.352 e. The highest BCUT2D eigenvalue weighted by molar-refractivity contribution is 7.90. The van der Waals surface area contributed by atoms with Crippen LogP contribution in [-0.4, -0.2) is 45.5 Å². The lowest BCUT2D eigenvalue weighted by atomic mass is 9.86. The first kappa shape index (κ1) is 29.2. The number of carbonyl (C=O) groups excluding carboxylic acids is 1. The van der Waals surface area contributed by atoms with E-state index < -0.39 is 57.0 Å². The van der Waals surface area contributed by atoms with E-state index in [0.717, 1.165) is 0 Å². The van der Waals surface area contributed by atoms with Crippen LogP contribution in [0.1, 0.15) is 47.2 Å². The number of alkyl halides is 9. The molecule has 0 atom stereocenters. The summed E-state index contributed by atoms with van der Waals surface area (Å²) in [6, 6.07) is 0.491. The second kappa shape index (κ2) is 10.9. The van der Waals surface area contributed by atoms with Crippen LogP contribution in [0.25, 0.3) is 0 Å². The lowest BCUT2D eigenvalue weighted by Gasteiger charge is -2.29. The molecule has 0 spiro atoms. The third kappa shape index (κ3) is 8.52. The Bertz CT molecular complexity index is 952. The number of benzene rings is 1. The summed E-state index contributed by atoms with van der Waals surface area (Å²) in [6.45, 7) is -0.526. The highest BCUT2D eigenvalue weighted by Gasteiger charge is 2.45. The number of rotatable bonds is 8. The number of sulfonamides is 1. The molecule has 0 saturated heterocycles. The molecule has 1 aliphatic rings. The molecule has 0 aromatic heterocycles. The van der Waals surface area contributed by atoms with E-state index in [0.29, 0.717) is 37.8 Å². The van der Waals surface area contributed by atoms with Crippen molar-refractivity contribution in [1.29, 1.82) is 0 Å². The standard InChI is InChI=1S/C19H22F9N3O3S/c20-17(21,22)13-7-12(8-14(9-13)18(23,24)25)16(32)30-10-11-1-3-15(4-2-11)29-5-6-31-35(33,34)19(26,27)28/h7-9,11,15,29,31H,1-6,10H2,(H,30,32)/t11-,15+. The molecule has 16 heteroatoms. The number of hydrogen-bond acceptors (Lipinski definition) is 4. The van der Waals surface area contributed by atoms with Crippen LogP contribution >= 0.6 is 0 Å². The van der Waals surface area contributed by atoms with Crippen molar-refractivity contribution < 1.29 is 52.7 Å². The Balaban J connectivity index is 1.83. The second-order valence-corrected chi connectivity index (χ2v) is 9.78. The fraction of sp³-hybridized carbons (Fsp3) is 0.632. The topological polar surface area (TPSA) is 87.3 Å². The van der Waals surface area contributed by atoms with Gasteiger partial charge in [0.1, 0.15) is 0 Å². The van der Waals surface area contributed by atoms with E-state index in [-0.39, 0.29) is 31.1 Å². The molecule has 1 aromatic carbocycles. The van der Waals surface area contributed by atoms with E-state index in [1.165, 1.54) is 4.72 Å². The maximum Gasteiger partial charge on any atom is 0.511 e. The first-order valence-corrected chi connectivity index (χ1v) is 11.8. The lowest BCUT2D eigenvalue weighted by molar-refractivity contribution is -0.143. The maximum atomic E-state index is 12.9. The van der Waals surface area contributed by atoms with E-state index in [4.69, 9.17) is 0 Å². The van der Waals surface area contributed by atoms with Gasteiger partial charge in [-0.1, -0.05) is 0 Å². The molecule has 0 radical (unpaired) electrons. The summed E-state index contributed by atoms with van der Waals surface area (Å²) in [5.74, 6) is -1.20. The Morgan fingerprint density at radius 2 is 1.34 bits per heavy atom. The molecule has 2 rings (SSSR count). The molecule has 0 unspecified atom stereocenters. The molecular weight excluding hydrogens is 521 g/mol. The first-order chi connectivity index (χ1) is 15.9. The van der Waals surface area contributed by atoms with Gasteiger partial charge in [-0.3, -0.25) is 4.79 Å². The van der Waals surface area contributed by atoms with Crippen molar-refractivity contribution in [2.45, 2.75) is 49.6 Å². The zero-order chi connectivity index (χ0) is 26.7. The number of carbonyl (C=O) groups is 1. The van der Waals surface area contributed by atoms with Gasteiger partial charge in [0.05, 0.1) is 11.1 Å². The highest BCUT2D eigenvalue weighted by Crippen LogP contribution is 2.36. The lowest BCUT2D eigenvalue weighted by Crippen LogP contribution is -2.43. The third-order valence-corrected chi connectivity index (χ3v) is 6.60. The van der Waals surface area contributed by atoms with Crippen LogP contribution < -0.4 is 15.4 Å². The van der Waals surface area contributed by atoms with Crippen molar-refractivity contribution >= 4 is 15.9 Å². The number of amides is 1. The Hall–Kier alpha value is -2.07. The molecule has 35 heavy (non-hydrogen) atoms. The molecule has 0 aliphatic heterocycles. The maximum absolute atomic E-state index is 12.9. The first-order valence-electron chi connectivity index (χ1n) is 10.3. The van der Waals surface area contributed by atoms with Crippen LogP contribution in [0.5, 0.6) is 0 Å². The molecule has 1 saturated carbocycles. The van der Waals surface area contributed by atoms with Gasteiger partial charge in [0.2, 0.25) is 0 Å². The Kier molecular flexibility index (Phi) is 9.08. The molecule has 1 amide bonds. The van der Waals surface area contributed by atoms with Gasteiger partial charge < -0.3 is 10.6 Å². The summed E-state index contributed by atoms with van der Waals surface area (Å²) >= 11 is 0. The molecule has 1 aromatic rings. The molecule has 0 heterocycles. The summed E-state index contributed by atoms with van der Waals surface area (Å²) in [5.41, 5.74) is -9.37. The van der Waals surface area contributed by atoms with Crippen molar-refractivity contribution in [2.75, 3.05) is 19.6 Å². The van der Waals surface area contributed by atoms with Gasteiger partial charge in [-0.15, -0.1) is 0 Å². The number of nitrogens with one attached hydrogen (secondary N) is 3. The van der Waals surface area contributed by atoms with Crippen molar-refractivity contribution in [1.82, 2.24) is 15.4 Å². The van der Waals surface area contributed by atoms with Crippen LogP contribution in [0, 0.1) is 5.92 Å². The Labute approximate surface area is 194 Å². The SMILES string of the molecule is O=C(NC[C@H]1CC[C@@H](NCCNS(=O)(=O)C(F)(F)F)CC1)c1cc(C(F)(F)F)cc(C(F)(F)F)c1. The minimum Gasteiger partial charge on any atom is -0.352 e. The van der Waals surface area contributed by atoms with Gasteiger partial charge in [-0.05, 0) is 49.8 Å². The highest BCUT2D eigenvalue weighted by atomic mass is 32.2. The van der Waals surface area contributed by atoms with Crippen LogP contribution in [-0.2, 0) is 22.4 Å². The Morgan fingerprint density at radius 1 is 0.829 bits per heavy atom. The average Bonchev–Trinajstić information content (AvgIpc) is 2.73. The number of halogens is 9. The van der Waals surface area contributed by atoms with Crippen LogP contribution in [0.3, 0.4) is 0 Å². The Morgan fingerprint density at radius 3 is 1.80 bits per heavy atom. The summed E-state index contributed by atoms with van der Waals surface area (Å²) in [6.07, 6.45) is -8.07.